The lowest BCUT2D eigenvalue weighted by atomic mass is 10.0. The summed E-state index contributed by atoms with van der Waals surface area (Å²) in [6, 6.07) is 0. The molecule has 0 fully saturated rings. The first-order chi connectivity index (χ1) is 27.5. The predicted molar refractivity (Wildman–Crippen MR) is 238 cm³/mol. The molecule has 10 heteroatoms. The number of carbonyl (C=O) groups excluding carboxylic acids is 2. The molecule has 0 saturated carbocycles. The zero-order valence-electron chi connectivity index (χ0n) is 38.4. The van der Waals surface area contributed by atoms with Crippen LogP contribution >= 0.6 is 7.82 Å². The van der Waals surface area contributed by atoms with Gasteiger partial charge in [0.25, 0.3) is 0 Å². The summed E-state index contributed by atoms with van der Waals surface area (Å²) in [4.78, 5) is 35.4. The van der Waals surface area contributed by atoms with Gasteiger partial charge in [0.1, 0.15) is 19.8 Å². The van der Waals surface area contributed by atoms with Crippen LogP contribution in [0.3, 0.4) is 0 Å². The van der Waals surface area contributed by atoms with Gasteiger partial charge in [-0.3, -0.25) is 18.6 Å². The van der Waals surface area contributed by atoms with E-state index in [1.54, 1.807) is 0 Å². The average Bonchev–Trinajstić information content (AvgIpc) is 3.16. The van der Waals surface area contributed by atoms with Crippen LogP contribution in [-0.4, -0.2) is 74.9 Å². The molecule has 0 aliphatic rings. The standard InChI is InChI=1S/C47H94NO8P/c1-6-8-10-12-14-16-18-20-22-23-24-25-26-28-30-32-34-36-38-40-47(50)56-45(44-55-57(51,52)54-42-41-48(3,4)5)43-53-46(49)39-37-35-33-31-29-27-21-19-17-15-13-11-9-7-2/h45H,6-44H2,1-5H3/p+1/t45-/m1/s1. The lowest BCUT2D eigenvalue weighted by Crippen LogP contribution is -2.37. The summed E-state index contributed by atoms with van der Waals surface area (Å²) < 4.78 is 34.4. The number of hydrogen-bond donors (Lipinski definition) is 1. The van der Waals surface area contributed by atoms with E-state index in [-0.39, 0.29) is 25.6 Å². The number of esters is 2. The van der Waals surface area contributed by atoms with E-state index in [0.717, 1.165) is 38.5 Å². The Kier molecular flexibility index (Phi) is 39.7. The van der Waals surface area contributed by atoms with E-state index in [1.165, 1.54) is 173 Å². The molecule has 0 heterocycles. The Hall–Kier alpha value is -0.990. The molecule has 0 bridgehead atoms. The van der Waals surface area contributed by atoms with Gasteiger partial charge in [0, 0.05) is 12.8 Å². The summed E-state index contributed by atoms with van der Waals surface area (Å²) in [6.45, 7) is 4.47. The van der Waals surface area contributed by atoms with Crippen LogP contribution in [0.2, 0.25) is 0 Å². The Morgan fingerprint density at radius 3 is 1.12 bits per heavy atom. The highest BCUT2D eigenvalue weighted by Crippen LogP contribution is 2.43. The lowest BCUT2D eigenvalue weighted by Gasteiger charge is -2.24. The lowest BCUT2D eigenvalue weighted by molar-refractivity contribution is -0.870. The molecule has 0 saturated heterocycles. The molecule has 0 aliphatic heterocycles. The van der Waals surface area contributed by atoms with E-state index in [1.807, 2.05) is 21.1 Å². The van der Waals surface area contributed by atoms with Crippen LogP contribution in [0.5, 0.6) is 0 Å². The average molecular weight is 833 g/mol. The molecule has 0 rings (SSSR count). The van der Waals surface area contributed by atoms with Crippen LogP contribution in [0, 0.1) is 0 Å². The zero-order valence-corrected chi connectivity index (χ0v) is 39.2. The van der Waals surface area contributed by atoms with Crippen molar-refractivity contribution in [2.45, 2.75) is 245 Å². The highest BCUT2D eigenvalue weighted by Gasteiger charge is 2.27. The van der Waals surface area contributed by atoms with Crippen molar-refractivity contribution >= 4 is 19.8 Å². The Bertz CT molecular complexity index is 943. The summed E-state index contributed by atoms with van der Waals surface area (Å²) in [5.41, 5.74) is 0. The Morgan fingerprint density at radius 1 is 0.474 bits per heavy atom. The molecule has 57 heavy (non-hydrogen) atoms. The van der Waals surface area contributed by atoms with Gasteiger partial charge in [0.05, 0.1) is 27.7 Å². The van der Waals surface area contributed by atoms with E-state index < -0.39 is 26.5 Å². The molecular weight excluding hydrogens is 737 g/mol. The Labute approximate surface area is 353 Å². The second-order valence-electron chi connectivity index (χ2n) is 17.9. The van der Waals surface area contributed by atoms with Crippen LogP contribution in [0.4, 0.5) is 0 Å². The van der Waals surface area contributed by atoms with Gasteiger partial charge in [-0.25, -0.2) is 4.57 Å². The Morgan fingerprint density at radius 2 is 0.789 bits per heavy atom. The summed E-state index contributed by atoms with van der Waals surface area (Å²) in [7, 11) is 1.50. The SMILES string of the molecule is CCCCCCCCCCCCCCCCCCCCCC(=O)O[C@H](COC(=O)CCCCCCCCCCCCCCCC)COP(=O)(O)OCC[N+](C)(C)C. The summed E-state index contributed by atoms with van der Waals surface area (Å²) in [5, 5.41) is 0. The molecule has 0 aliphatic carbocycles. The molecule has 9 nitrogen and oxygen atoms in total. The van der Waals surface area contributed by atoms with E-state index in [4.69, 9.17) is 18.5 Å². The summed E-state index contributed by atoms with van der Waals surface area (Å²) >= 11 is 0. The monoisotopic (exact) mass is 833 g/mol. The molecule has 0 spiro atoms. The minimum Gasteiger partial charge on any atom is -0.462 e. The molecule has 0 amide bonds. The smallest absolute Gasteiger partial charge is 0.462 e. The third-order valence-corrected chi connectivity index (χ3v) is 11.9. The number of hydrogen-bond acceptors (Lipinski definition) is 7. The van der Waals surface area contributed by atoms with Gasteiger partial charge in [0.15, 0.2) is 6.10 Å². The number of phosphoric acid groups is 1. The Balaban J connectivity index is 4.23. The summed E-state index contributed by atoms with van der Waals surface area (Å²) in [6.07, 6.45) is 41.4. The van der Waals surface area contributed by atoms with Crippen molar-refractivity contribution in [1.82, 2.24) is 0 Å². The van der Waals surface area contributed by atoms with Gasteiger partial charge in [-0.2, -0.15) is 0 Å². The van der Waals surface area contributed by atoms with Gasteiger partial charge >= 0.3 is 19.8 Å². The quantitative estimate of drug-likeness (QED) is 0.0280. The van der Waals surface area contributed by atoms with Gasteiger partial charge in [-0.1, -0.05) is 213 Å². The van der Waals surface area contributed by atoms with E-state index in [9.17, 15) is 19.0 Å². The fourth-order valence-corrected chi connectivity index (χ4v) is 7.82. The molecular formula is C47H95NO8P+. The minimum atomic E-state index is -4.37. The first-order valence-corrected chi connectivity index (χ1v) is 25.8. The maximum absolute atomic E-state index is 12.7. The van der Waals surface area contributed by atoms with Crippen molar-refractivity contribution in [3.63, 3.8) is 0 Å². The fourth-order valence-electron chi connectivity index (χ4n) is 7.08. The second-order valence-corrected chi connectivity index (χ2v) is 19.3. The molecule has 340 valence electrons. The van der Waals surface area contributed by atoms with Crippen molar-refractivity contribution in [3.8, 4) is 0 Å². The van der Waals surface area contributed by atoms with Gasteiger partial charge in [0.2, 0.25) is 0 Å². The molecule has 0 aromatic carbocycles. The van der Waals surface area contributed by atoms with E-state index in [2.05, 4.69) is 13.8 Å². The highest BCUT2D eigenvalue weighted by atomic mass is 31.2. The zero-order chi connectivity index (χ0) is 42.1. The number of unbranched alkanes of at least 4 members (excludes halogenated alkanes) is 31. The number of phosphoric ester groups is 1. The van der Waals surface area contributed by atoms with Crippen molar-refractivity contribution in [2.75, 3.05) is 47.5 Å². The third kappa shape index (κ3) is 44.4. The molecule has 0 aromatic rings. The minimum absolute atomic E-state index is 0.0370. The number of carbonyl (C=O) groups is 2. The second kappa shape index (κ2) is 40.4. The number of likely N-dealkylation sites (N-methyl/N-ethyl adjacent to an activating group) is 1. The van der Waals surface area contributed by atoms with E-state index in [0.29, 0.717) is 17.4 Å². The van der Waals surface area contributed by atoms with Crippen LogP contribution in [0.15, 0.2) is 0 Å². The van der Waals surface area contributed by atoms with Crippen LogP contribution in [-0.2, 0) is 32.7 Å². The topological polar surface area (TPSA) is 108 Å². The first kappa shape index (κ1) is 56.0. The van der Waals surface area contributed by atoms with E-state index >= 15 is 0 Å². The maximum atomic E-state index is 12.7. The number of ether oxygens (including phenoxy) is 2. The number of quaternary nitrogens is 1. The van der Waals surface area contributed by atoms with Gasteiger partial charge in [-0.05, 0) is 12.8 Å². The molecule has 0 aromatic heterocycles. The number of rotatable bonds is 45. The maximum Gasteiger partial charge on any atom is 0.472 e. The van der Waals surface area contributed by atoms with Crippen molar-refractivity contribution in [1.29, 1.82) is 0 Å². The van der Waals surface area contributed by atoms with Crippen LogP contribution in [0.25, 0.3) is 0 Å². The predicted octanol–water partition coefficient (Wildman–Crippen LogP) is 14.0. The third-order valence-electron chi connectivity index (χ3n) is 10.9. The van der Waals surface area contributed by atoms with Gasteiger partial charge in [-0.15, -0.1) is 0 Å². The van der Waals surface area contributed by atoms with Crippen molar-refractivity contribution in [2.24, 2.45) is 0 Å². The molecule has 1 unspecified atom stereocenters. The van der Waals surface area contributed by atoms with Crippen molar-refractivity contribution in [3.05, 3.63) is 0 Å². The van der Waals surface area contributed by atoms with Crippen LogP contribution < -0.4 is 0 Å². The normalized spacial score (nSPS) is 13.4. The molecule has 2 atom stereocenters. The molecule has 1 N–H and O–H groups in total. The van der Waals surface area contributed by atoms with Crippen LogP contribution in [0.1, 0.15) is 239 Å². The number of nitrogens with zero attached hydrogens (tertiary/aromatic N) is 1. The largest absolute Gasteiger partial charge is 0.472 e. The fraction of sp³-hybridized carbons (Fsp3) is 0.957. The van der Waals surface area contributed by atoms with Crippen molar-refractivity contribution < 1.29 is 42.1 Å². The summed E-state index contributed by atoms with van der Waals surface area (Å²) in [5.74, 6) is -0.780. The van der Waals surface area contributed by atoms with Gasteiger partial charge < -0.3 is 18.9 Å². The molecule has 0 radical (unpaired) electrons. The first-order valence-electron chi connectivity index (χ1n) is 24.3. The highest BCUT2D eigenvalue weighted by molar-refractivity contribution is 7.47.